The lowest BCUT2D eigenvalue weighted by atomic mass is 10.2. The standard InChI is InChI=1S/C15H22ClNO2/c16-14-5-1-4-13(10-14)11-17-7-3-8-18-12-15-6-2-9-19-15/h1,4-5,10,15,17H,2-3,6-9,11-12H2. The van der Waals surface area contributed by atoms with E-state index in [1.807, 2.05) is 18.2 Å². The van der Waals surface area contributed by atoms with E-state index in [9.17, 15) is 0 Å². The molecule has 2 rings (SSSR count). The lowest BCUT2D eigenvalue weighted by Crippen LogP contribution is -2.18. The zero-order valence-corrected chi connectivity index (χ0v) is 12.0. The maximum Gasteiger partial charge on any atom is 0.0809 e. The first-order valence-corrected chi connectivity index (χ1v) is 7.37. The van der Waals surface area contributed by atoms with E-state index < -0.39 is 0 Å². The van der Waals surface area contributed by atoms with Crippen LogP contribution in [0, 0.1) is 0 Å². The van der Waals surface area contributed by atoms with Gasteiger partial charge in [0.15, 0.2) is 0 Å². The predicted molar refractivity (Wildman–Crippen MR) is 77.6 cm³/mol. The summed E-state index contributed by atoms with van der Waals surface area (Å²) in [5, 5.41) is 4.18. The topological polar surface area (TPSA) is 30.5 Å². The molecule has 1 aliphatic heterocycles. The highest BCUT2D eigenvalue weighted by Gasteiger charge is 2.14. The molecule has 4 heteroatoms. The van der Waals surface area contributed by atoms with Crippen LogP contribution >= 0.6 is 11.6 Å². The van der Waals surface area contributed by atoms with Gasteiger partial charge in [0.1, 0.15) is 0 Å². The van der Waals surface area contributed by atoms with Crippen molar-refractivity contribution in [3.63, 3.8) is 0 Å². The highest BCUT2D eigenvalue weighted by atomic mass is 35.5. The molecule has 106 valence electrons. The number of hydrogen-bond acceptors (Lipinski definition) is 3. The molecule has 0 saturated carbocycles. The Kier molecular flexibility index (Phi) is 6.65. The summed E-state index contributed by atoms with van der Waals surface area (Å²) in [5.41, 5.74) is 1.22. The van der Waals surface area contributed by atoms with Gasteiger partial charge in [-0.25, -0.2) is 0 Å². The molecule has 1 saturated heterocycles. The van der Waals surface area contributed by atoms with E-state index in [1.54, 1.807) is 0 Å². The summed E-state index contributed by atoms with van der Waals surface area (Å²) < 4.78 is 11.1. The molecule has 1 unspecified atom stereocenters. The first-order valence-electron chi connectivity index (χ1n) is 6.99. The van der Waals surface area contributed by atoms with Crippen molar-refractivity contribution in [1.29, 1.82) is 0 Å². The van der Waals surface area contributed by atoms with Gasteiger partial charge in [-0.1, -0.05) is 23.7 Å². The van der Waals surface area contributed by atoms with Crippen LogP contribution in [0.5, 0.6) is 0 Å². The van der Waals surface area contributed by atoms with Crippen LogP contribution in [0.4, 0.5) is 0 Å². The second kappa shape index (κ2) is 8.54. The van der Waals surface area contributed by atoms with Crippen molar-refractivity contribution in [3.05, 3.63) is 34.9 Å². The van der Waals surface area contributed by atoms with Gasteiger partial charge in [-0.2, -0.15) is 0 Å². The fourth-order valence-electron chi connectivity index (χ4n) is 2.17. The summed E-state index contributed by atoms with van der Waals surface area (Å²) >= 11 is 5.93. The van der Waals surface area contributed by atoms with Crippen LogP contribution in [0.2, 0.25) is 5.02 Å². The van der Waals surface area contributed by atoms with Gasteiger partial charge in [0, 0.05) is 24.8 Å². The van der Waals surface area contributed by atoms with Crippen LogP contribution in [0.25, 0.3) is 0 Å². The highest BCUT2D eigenvalue weighted by Crippen LogP contribution is 2.12. The van der Waals surface area contributed by atoms with E-state index in [4.69, 9.17) is 21.1 Å². The summed E-state index contributed by atoms with van der Waals surface area (Å²) in [7, 11) is 0. The van der Waals surface area contributed by atoms with Gasteiger partial charge in [-0.05, 0) is 43.5 Å². The molecular weight excluding hydrogens is 262 g/mol. The monoisotopic (exact) mass is 283 g/mol. The first kappa shape index (κ1) is 14.8. The van der Waals surface area contributed by atoms with Gasteiger partial charge < -0.3 is 14.8 Å². The van der Waals surface area contributed by atoms with Gasteiger partial charge in [-0.3, -0.25) is 0 Å². The van der Waals surface area contributed by atoms with Crippen LogP contribution in [0.15, 0.2) is 24.3 Å². The van der Waals surface area contributed by atoms with E-state index in [1.165, 1.54) is 12.0 Å². The lowest BCUT2D eigenvalue weighted by molar-refractivity contribution is 0.0166. The summed E-state index contributed by atoms with van der Waals surface area (Å²) in [6.45, 7) is 4.25. The molecule has 1 heterocycles. The fourth-order valence-corrected chi connectivity index (χ4v) is 2.38. The third-order valence-electron chi connectivity index (χ3n) is 3.19. The molecule has 1 aliphatic rings. The van der Waals surface area contributed by atoms with Gasteiger partial charge in [0.25, 0.3) is 0 Å². The fraction of sp³-hybridized carbons (Fsp3) is 0.600. The largest absolute Gasteiger partial charge is 0.379 e. The summed E-state index contributed by atoms with van der Waals surface area (Å²) in [4.78, 5) is 0. The van der Waals surface area contributed by atoms with Crippen LogP contribution < -0.4 is 5.32 Å². The summed E-state index contributed by atoms with van der Waals surface area (Å²) in [6.07, 6.45) is 3.68. The smallest absolute Gasteiger partial charge is 0.0809 e. The molecular formula is C15H22ClNO2. The molecule has 0 aromatic heterocycles. The van der Waals surface area contributed by atoms with Crippen molar-refractivity contribution in [2.24, 2.45) is 0 Å². The molecule has 1 aromatic carbocycles. The number of nitrogens with one attached hydrogen (secondary N) is 1. The number of ether oxygens (including phenoxy) is 2. The minimum absolute atomic E-state index is 0.333. The van der Waals surface area contributed by atoms with Crippen LogP contribution in [-0.4, -0.2) is 32.5 Å². The Bertz CT molecular complexity index is 367. The van der Waals surface area contributed by atoms with Gasteiger partial charge in [0.2, 0.25) is 0 Å². The number of benzene rings is 1. The quantitative estimate of drug-likeness (QED) is 0.744. The minimum Gasteiger partial charge on any atom is -0.379 e. The molecule has 1 atom stereocenters. The summed E-state index contributed by atoms with van der Waals surface area (Å²) in [5.74, 6) is 0. The Balaban J connectivity index is 1.46. The Labute approximate surface area is 120 Å². The maximum absolute atomic E-state index is 5.93. The van der Waals surface area contributed by atoms with Crippen molar-refractivity contribution >= 4 is 11.6 Å². The normalized spacial score (nSPS) is 18.9. The average molecular weight is 284 g/mol. The van der Waals surface area contributed by atoms with Crippen molar-refractivity contribution in [1.82, 2.24) is 5.32 Å². The predicted octanol–water partition coefficient (Wildman–Crippen LogP) is 3.02. The third kappa shape index (κ3) is 5.91. The highest BCUT2D eigenvalue weighted by molar-refractivity contribution is 6.30. The van der Waals surface area contributed by atoms with E-state index in [0.717, 1.165) is 50.8 Å². The Hall–Kier alpha value is -0.610. The third-order valence-corrected chi connectivity index (χ3v) is 3.42. The average Bonchev–Trinajstić information content (AvgIpc) is 2.91. The molecule has 0 bridgehead atoms. The van der Waals surface area contributed by atoms with E-state index in [2.05, 4.69) is 11.4 Å². The summed E-state index contributed by atoms with van der Waals surface area (Å²) in [6, 6.07) is 7.93. The second-order valence-corrected chi connectivity index (χ2v) is 5.31. The van der Waals surface area contributed by atoms with Crippen molar-refractivity contribution < 1.29 is 9.47 Å². The van der Waals surface area contributed by atoms with Crippen molar-refractivity contribution in [2.75, 3.05) is 26.4 Å². The Morgan fingerprint density at radius 1 is 1.42 bits per heavy atom. The van der Waals surface area contributed by atoms with Crippen LogP contribution in [-0.2, 0) is 16.0 Å². The molecule has 0 amide bonds. The van der Waals surface area contributed by atoms with Gasteiger partial charge >= 0.3 is 0 Å². The minimum atomic E-state index is 0.333. The lowest BCUT2D eigenvalue weighted by Gasteiger charge is -2.10. The van der Waals surface area contributed by atoms with Crippen molar-refractivity contribution in [2.45, 2.75) is 31.9 Å². The van der Waals surface area contributed by atoms with Gasteiger partial charge in [-0.15, -0.1) is 0 Å². The SMILES string of the molecule is Clc1cccc(CNCCCOCC2CCCO2)c1. The van der Waals surface area contributed by atoms with Crippen molar-refractivity contribution in [3.8, 4) is 0 Å². The number of rotatable bonds is 8. The number of hydrogen-bond donors (Lipinski definition) is 1. The molecule has 3 nitrogen and oxygen atoms in total. The Morgan fingerprint density at radius 3 is 3.16 bits per heavy atom. The zero-order chi connectivity index (χ0) is 13.3. The number of halogens is 1. The molecule has 1 N–H and O–H groups in total. The molecule has 1 aromatic rings. The zero-order valence-electron chi connectivity index (χ0n) is 11.2. The molecule has 0 spiro atoms. The van der Waals surface area contributed by atoms with Crippen LogP contribution in [0.1, 0.15) is 24.8 Å². The van der Waals surface area contributed by atoms with E-state index in [0.29, 0.717) is 6.10 Å². The van der Waals surface area contributed by atoms with Crippen LogP contribution in [0.3, 0.4) is 0 Å². The molecule has 0 aliphatic carbocycles. The first-order chi connectivity index (χ1) is 9.34. The maximum atomic E-state index is 5.93. The Morgan fingerprint density at radius 2 is 2.37 bits per heavy atom. The second-order valence-electron chi connectivity index (χ2n) is 4.87. The van der Waals surface area contributed by atoms with E-state index >= 15 is 0 Å². The van der Waals surface area contributed by atoms with E-state index in [-0.39, 0.29) is 0 Å². The van der Waals surface area contributed by atoms with Gasteiger partial charge in [0.05, 0.1) is 12.7 Å². The molecule has 0 radical (unpaired) electrons. The molecule has 19 heavy (non-hydrogen) atoms. The molecule has 1 fully saturated rings.